The molecule has 0 fully saturated rings. The van der Waals surface area contributed by atoms with Gasteiger partial charge >= 0.3 is 5.97 Å². The zero-order valence-electron chi connectivity index (χ0n) is 12.5. The highest BCUT2D eigenvalue weighted by Crippen LogP contribution is 2.44. The van der Waals surface area contributed by atoms with Crippen molar-refractivity contribution in [3.8, 4) is 0 Å². The first-order chi connectivity index (χ1) is 11.5. The molecule has 0 saturated carbocycles. The van der Waals surface area contributed by atoms with Crippen LogP contribution < -0.4 is 0 Å². The Bertz CT molecular complexity index is 847. The predicted octanol–water partition coefficient (Wildman–Crippen LogP) is 4.15. The number of carbonyl (C=O) groups excluding carboxylic acids is 2. The minimum Gasteiger partial charge on any atom is -0.481 e. The summed E-state index contributed by atoms with van der Waals surface area (Å²) in [5.41, 5.74) is 1.52. The summed E-state index contributed by atoms with van der Waals surface area (Å²) >= 11 is 7.33. The molecule has 1 aliphatic heterocycles. The molecule has 0 bridgehead atoms. The number of rotatable bonds is 4. The summed E-state index contributed by atoms with van der Waals surface area (Å²) in [4.78, 5) is 36.9. The molecule has 6 heteroatoms. The fourth-order valence-electron chi connectivity index (χ4n) is 2.65. The Morgan fingerprint density at radius 3 is 2.58 bits per heavy atom. The van der Waals surface area contributed by atoms with Crippen LogP contribution in [0, 0.1) is 0 Å². The molecule has 4 nitrogen and oxygen atoms in total. The molecule has 24 heavy (non-hydrogen) atoms. The van der Waals surface area contributed by atoms with Gasteiger partial charge in [0.15, 0.2) is 11.6 Å². The number of ketones is 2. The second kappa shape index (κ2) is 6.79. The Kier molecular flexibility index (Phi) is 4.73. The van der Waals surface area contributed by atoms with Crippen molar-refractivity contribution in [3.05, 3.63) is 64.2 Å². The normalized spacial score (nSPS) is 16.0. The van der Waals surface area contributed by atoms with Crippen molar-refractivity contribution in [3.63, 3.8) is 0 Å². The van der Waals surface area contributed by atoms with Crippen molar-refractivity contribution in [2.24, 2.45) is 0 Å². The first kappa shape index (κ1) is 16.7. The van der Waals surface area contributed by atoms with Crippen molar-refractivity contribution in [1.29, 1.82) is 0 Å². The van der Waals surface area contributed by atoms with E-state index < -0.39 is 11.2 Å². The number of halogens is 1. The van der Waals surface area contributed by atoms with Gasteiger partial charge in [0.05, 0.1) is 11.7 Å². The Morgan fingerprint density at radius 1 is 1.08 bits per heavy atom. The lowest BCUT2D eigenvalue weighted by atomic mass is 9.94. The topological polar surface area (TPSA) is 71.4 Å². The van der Waals surface area contributed by atoms with Crippen LogP contribution in [-0.2, 0) is 9.59 Å². The Labute approximate surface area is 147 Å². The minimum atomic E-state index is -1.02. The van der Waals surface area contributed by atoms with Crippen LogP contribution in [0.2, 0.25) is 5.02 Å². The molecule has 1 aliphatic rings. The van der Waals surface area contributed by atoms with E-state index in [1.54, 1.807) is 42.5 Å². The molecule has 0 amide bonds. The molecule has 0 saturated heterocycles. The van der Waals surface area contributed by atoms with E-state index in [-0.39, 0.29) is 24.4 Å². The summed E-state index contributed by atoms with van der Waals surface area (Å²) in [6, 6.07) is 12.0. The van der Waals surface area contributed by atoms with Crippen LogP contribution in [-0.4, -0.2) is 22.6 Å². The van der Waals surface area contributed by atoms with Crippen molar-refractivity contribution >= 4 is 40.9 Å². The third-order valence-electron chi connectivity index (χ3n) is 3.79. The van der Waals surface area contributed by atoms with E-state index in [0.717, 1.165) is 0 Å². The number of benzene rings is 2. The van der Waals surface area contributed by atoms with E-state index >= 15 is 0 Å². The van der Waals surface area contributed by atoms with E-state index in [9.17, 15) is 14.4 Å². The first-order valence-electron chi connectivity index (χ1n) is 7.31. The highest BCUT2D eigenvalue weighted by Gasteiger charge is 2.32. The zero-order chi connectivity index (χ0) is 17.3. The van der Waals surface area contributed by atoms with Gasteiger partial charge in [0.2, 0.25) is 0 Å². The van der Waals surface area contributed by atoms with E-state index in [0.29, 0.717) is 26.6 Å². The first-order valence-corrected chi connectivity index (χ1v) is 8.57. The maximum atomic E-state index is 12.8. The van der Waals surface area contributed by atoms with Crippen LogP contribution in [0.5, 0.6) is 0 Å². The van der Waals surface area contributed by atoms with Gasteiger partial charge in [0, 0.05) is 27.5 Å². The Hall–Kier alpha value is -2.11. The van der Waals surface area contributed by atoms with Gasteiger partial charge in [0.25, 0.3) is 0 Å². The smallest absolute Gasteiger partial charge is 0.303 e. The Morgan fingerprint density at radius 2 is 1.83 bits per heavy atom. The predicted molar refractivity (Wildman–Crippen MR) is 91.8 cm³/mol. The number of carboxylic acid groups (broad SMARTS) is 1. The third-order valence-corrected chi connectivity index (χ3v) is 5.39. The largest absolute Gasteiger partial charge is 0.481 e. The second-order valence-corrected chi connectivity index (χ2v) is 7.00. The number of carboxylic acids is 1. The van der Waals surface area contributed by atoms with Gasteiger partial charge in [-0.2, -0.15) is 0 Å². The average Bonchev–Trinajstić information content (AvgIpc) is 2.68. The zero-order valence-corrected chi connectivity index (χ0v) is 14.1. The second-order valence-electron chi connectivity index (χ2n) is 5.41. The maximum absolute atomic E-state index is 12.8. The lowest BCUT2D eigenvalue weighted by Gasteiger charge is -2.16. The van der Waals surface area contributed by atoms with Crippen LogP contribution in [0.1, 0.15) is 39.6 Å². The van der Waals surface area contributed by atoms with E-state index in [4.69, 9.17) is 16.7 Å². The van der Waals surface area contributed by atoms with E-state index in [1.807, 2.05) is 0 Å². The molecule has 1 N–H and O–H groups in total. The van der Waals surface area contributed by atoms with Gasteiger partial charge < -0.3 is 5.11 Å². The number of hydrogen-bond acceptors (Lipinski definition) is 4. The van der Waals surface area contributed by atoms with E-state index in [2.05, 4.69) is 0 Å². The molecule has 0 aromatic heterocycles. The standard InChI is InChI=1S/C18H13ClO4S/c19-10-5-6-11-13(9-10)18(14(20)7-8-16(21)22)24-15-4-2-1-3-12(15)17(11)23/h1-6,9,18H,7-8H2,(H,21,22). The van der Waals surface area contributed by atoms with Crippen LogP contribution in [0.4, 0.5) is 0 Å². The Balaban J connectivity index is 2.10. The highest BCUT2D eigenvalue weighted by atomic mass is 35.5. The summed E-state index contributed by atoms with van der Waals surface area (Å²) in [7, 11) is 0. The quantitative estimate of drug-likeness (QED) is 0.886. The van der Waals surface area contributed by atoms with Gasteiger partial charge in [-0.15, -0.1) is 11.8 Å². The number of carbonyl (C=O) groups is 3. The van der Waals surface area contributed by atoms with Crippen molar-refractivity contribution in [2.45, 2.75) is 23.0 Å². The van der Waals surface area contributed by atoms with Crippen LogP contribution >= 0.6 is 23.4 Å². The van der Waals surface area contributed by atoms with Gasteiger partial charge in [-0.25, -0.2) is 0 Å². The number of aliphatic carboxylic acids is 1. The molecule has 0 radical (unpaired) electrons. The number of Topliss-reactive ketones (excluding diaryl/α,β-unsaturated/α-hetero) is 1. The maximum Gasteiger partial charge on any atom is 0.303 e. The van der Waals surface area contributed by atoms with E-state index in [1.165, 1.54) is 11.8 Å². The summed E-state index contributed by atoms with van der Waals surface area (Å²) < 4.78 is 0. The SMILES string of the molecule is O=C(O)CCC(=O)C1Sc2ccccc2C(=O)c2ccc(Cl)cc21. The van der Waals surface area contributed by atoms with Crippen LogP contribution in [0.15, 0.2) is 47.4 Å². The molecule has 2 aromatic carbocycles. The molecule has 0 spiro atoms. The minimum absolute atomic E-state index is 0.0880. The van der Waals surface area contributed by atoms with Crippen molar-refractivity contribution in [1.82, 2.24) is 0 Å². The fraction of sp³-hybridized carbons (Fsp3) is 0.167. The molecule has 1 atom stereocenters. The summed E-state index contributed by atoms with van der Waals surface area (Å²) in [5, 5.41) is 8.61. The van der Waals surface area contributed by atoms with Crippen LogP contribution in [0.3, 0.4) is 0 Å². The van der Waals surface area contributed by atoms with Gasteiger partial charge in [-0.1, -0.05) is 23.7 Å². The van der Waals surface area contributed by atoms with Gasteiger partial charge in [-0.05, 0) is 35.9 Å². The molecule has 122 valence electrons. The lowest BCUT2D eigenvalue weighted by Crippen LogP contribution is -2.13. The summed E-state index contributed by atoms with van der Waals surface area (Å²) in [5.74, 6) is -1.40. The summed E-state index contributed by atoms with van der Waals surface area (Å²) in [6.07, 6.45) is -0.323. The molecule has 1 heterocycles. The highest BCUT2D eigenvalue weighted by molar-refractivity contribution is 8.00. The van der Waals surface area contributed by atoms with Gasteiger partial charge in [0.1, 0.15) is 0 Å². The van der Waals surface area contributed by atoms with Crippen molar-refractivity contribution in [2.75, 3.05) is 0 Å². The number of thioether (sulfide) groups is 1. The summed E-state index contributed by atoms with van der Waals surface area (Å²) in [6.45, 7) is 0. The molecular formula is C18H13ClO4S. The molecule has 2 aromatic rings. The number of fused-ring (bicyclic) bond motifs is 2. The monoisotopic (exact) mass is 360 g/mol. The van der Waals surface area contributed by atoms with Gasteiger partial charge in [-0.3, -0.25) is 14.4 Å². The van der Waals surface area contributed by atoms with Crippen LogP contribution in [0.25, 0.3) is 0 Å². The molecular weight excluding hydrogens is 348 g/mol. The number of hydrogen-bond donors (Lipinski definition) is 1. The third kappa shape index (κ3) is 3.23. The fourth-order valence-corrected chi connectivity index (χ4v) is 4.10. The van der Waals surface area contributed by atoms with Crippen molar-refractivity contribution < 1.29 is 19.5 Å². The average molecular weight is 361 g/mol. The lowest BCUT2D eigenvalue weighted by molar-refractivity contribution is -0.138. The molecule has 1 unspecified atom stereocenters. The molecule has 0 aliphatic carbocycles. The molecule has 3 rings (SSSR count).